The Kier molecular flexibility index (Phi) is 4.93. The quantitative estimate of drug-likeness (QED) is 0.586. The Balaban J connectivity index is 1.36. The zero-order valence-corrected chi connectivity index (χ0v) is 17.9. The molecule has 1 heterocycles. The Hall–Kier alpha value is -3.67. The lowest BCUT2D eigenvalue weighted by atomic mass is 9.88. The van der Waals surface area contributed by atoms with Crippen LogP contribution in [0, 0.1) is 5.92 Å². The van der Waals surface area contributed by atoms with Crippen LogP contribution in [-0.4, -0.2) is 29.3 Å². The lowest BCUT2D eigenvalue weighted by molar-refractivity contribution is -0.135. The minimum atomic E-state index is -1.23. The van der Waals surface area contributed by atoms with E-state index < -0.39 is 17.5 Å². The van der Waals surface area contributed by atoms with E-state index in [1.54, 1.807) is 6.92 Å². The van der Waals surface area contributed by atoms with Gasteiger partial charge in [-0.05, 0) is 47.6 Å². The minimum Gasteiger partial charge on any atom is -0.347 e. The lowest BCUT2D eigenvalue weighted by Crippen LogP contribution is -2.44. The molecule has 1 saturated carbocycles. The molecule has 162 valence electrons. The zero-order valence-electron chi connectivity index (χ0n) is 17.9. The molecule has 4 amide bonds. The van der Waals surface area contributed by atoms with Crippen LogP contribution >= 0.6 is 0 Å². The van der Waals surface area contributed by atoms with Crippen LogP contribution in [0.25, 0.3) is 10.8 Å². The van der Waals surface area contributed by atoms with Gasteiger partial charge in [0, 0.05) is 0 Å². The zero-order chi connectivity index (χ0) is 22.3. The average molecular weight is 428 g/mol. The van der Waals surface area contributed by atoms with Crippen molar-refractivity contribution in [2.75, 3.05) is 6.54 Å². The van der Waals surface area contributed by atoms with Crippen molar-refractivity contribution >= 4 is 28.6 Å². The van der Waals surface area contributed by atoms with Crippen molar-refractivity contribution in [1.29, 1.82) is 0 Å². The van der Waals surface area contributed by atoms with Gasteiger partial charge in [-0.15, -0.1) is 0 Å². The van der Waals surface area contributed by atoms with Gasteiger partial charge < -0.3 is 10.6 Å². The number of hydrogen-bond donors (Lipinski definition) is 2. The summed E-state index contributed by atoms with van der Waals surface area (Å²) in [7, 11) is 0. The molecular formula is C26H25N3O3. The second kappa shape index (κ2) is 7.79. The fourth-order valence-corrected chi connectivity index (χ4v) is 4.61. The summed E-state index contributed by atoms with van der Waals surface area (Å²) in [4.78, 5) is 40.0. The number of nitrogens with zero attached hydrogens (tertiary/aromatic N) is 1. The predicted octanol–water partition coefficient (Wildman–Crippen LogP) is 3.87. The summed E-state index contributed by atoms with van der Waals surface area (Å²) in [6.07, 6.45) is 2.12. The van der Waals surface area contributed by atoms with Crippen molar-refractivity contribution in [2.45, 2.75) is 31.3 Å². The molecule has 6 nitrogen and oxygen atoms in total. The first-order valence-electron chi connectivity index (χ1n) is 10.9. The number of urea groups is 1. The molecule has 1 saturated heterocycles. The summed E-state index contributed by atoms with van der Waals surface area (Å²) >= 11 is 0. The topological polar surface area (TPSA) is 78.5 Å². The average Bonchev–Trinajstić information content (AvgIpc) is 3.62. The molecule has 0 bridgehead atoms. The summed E-state index contributed by atoms with van der Waals surface area (Å²) in [6, 6.07) is 22.6. The van der Waals surface area contributed by atoms with Gasteiger partial charge in [0.25, 0.3) is 5.91 Å². The number of benzene rings is 3. The Bertz CT molecular complexity index is 1200. The third-order valence-corrected chi connectivity index (χ3v) is 6.47. The van der Waals surface area contributed by atoms with Gasteiger partial charge in [0.1, 0.15) is 12.1 Å². The first-order chi connectivity index (χ1) is 15.5. The number of imide groups is 1. The molecule has 3 aromatic carbocycles. The minimum absolute atomic E-state index is 0.103. The molecule has 2 unspecified atom stereocenters. The molecule has 5 rings (SSSR count). The molecule has 2 aliphatic rings. The van der Waals surface area contributed by atoms with Gasteiger partial charge in [0.05, 0.1) is 6.04 Å². The van der Waals surface area contributed by atoms with Crippen LogP contribution in [0.5, 0.6) is 0 Å². The summed E-state index contributed by atoms with van der Waals surface area (Å²) in [5, 5.41) is 7.75. The Morgan fingerprint density at radius 2 is 1.72 bits per heavy atom. The molecule has 0 radical (unpaired) electrons. The first-order valence-corrected chi connectivity index (χ1v) is 10.9. The van der Waals surface area contributed by atoms with Crippen molar-refractivity contribution in [3.8, 4) is 0 Å². The van der Waals surface area contributed by atoms with E-state index in [1.165, 1.54) is 0 Å². The van der Waals surface area contributed by atoms with Gasteiger partial charge in [0.15, 0.2) is 0 Å². The normalized spacial score (nSPS) is 21.5. The van der Waals surface area contributed by atoms with Crippen LogP contribution in [0.4, 0.5) is 4.79 Å². The van der Waals surface area contributed by atoms with Gasteiger partial charge in [0.2, 0.25) is 5.91 Å². The largest absolute Gasteiger partial charge is 0.347 e. The van der Waals surface area contributed by atoms with E-state index in [1.807, 2.05) is 72.8 Å². The van der Waals surface area contributed by atoms with Crippen LogP contribution in [0.2, 0.25) is 0 Å². The standard InChI is InChI=1S/C26H25N3O3/c1-26(21-13-7-11-17-8-5-6-12-20(17)21)24(31)29(25(32)28-26)16-22(30)27-23(19-14-15-19)18-9-3-2-4-10-18/h2-13,19,23H,14-16H2,1H3,(H,27,30)(H,28,32). The summed E-state index contributed by atoms with van der Waals surface area (Å²) < 4.78 is 0. The highest BCUT2D eigenvalue weighted by Crippen LogP contribution is 2.41. The number of amides is 4. The van der Waals surface area contributed by atoms with Crippen molar-refractivity contribution in [2.24, 2.45) is 5.92 Å². The summed E-state index contributed by atoms with van der Waals surface area (Å²) in [5.74, 6) is -0.362. The van der Waals surface area contributed by atoms with Crippen LogP contribution in [-0.2, 0) is 15.1 Å². The summed E-state index contributed by atoms with van der Waals surface area (Å²) in [5.41, 5.74) is 0.534. The molecule has 0 aromatic heterocycles. The number of nitrogens with one attached hydrogen (secondary N) is 2. The van der Waals surface area contributed by atoms with Gasteiger partial charge in [-0.3, -0.25) is 14.5 Å². The maximum Gasteiger partial charge on any atom is 0.325 e. The van der Waals surface area contributed by atoms with Crippen LogP contribution < -0.4 is 10.6 Å². The lowest BCUT2D eigenvalue weighted by Gasteiger charge is -2.24. The molecule has 2 N–H and O–H groups in total. The number of rotatable bonds is 6. The Labute approximate surface area is 186 Å². The van der Waals surface area contributed by atoms with Crippen molar-refractivity contribution < 1.29 is 14.4 Å². The fraction of sp³-hybridized carbons (Fsp3) is 0.269. The Morgan fingerprint density at radius 3 is 2.47 bits per heavy atom. The maximum absolute atomic E-state index is 13.4. The van der Waals surface area contributed by atoms with E-state index in [0.29, 0.717) is 5.92 Å². The van der Waals surface area contributed by atoms with E-state index in [9.17, 15) is 14.4 Å². The third-order valence-electron chi connectivity index (χ3n) is 6.47. The number of carbonyl (C=O) groups is 3. The predicted molar refractivity (Wildman–Crippen MR) is 122 cm³/mol. The van der Waals surface area contributed by atoms with Crippen LogP contribution in [0.15, 0.2) is 72.8 Å². The third kappa shape index (κ3) is 3.51. The monoisotopic (exact) mass is 427 g/mol. The van der Waals surface area contributed by atoms with Gasteiger partial charge in [-0.1, -0.05) is 72.8 Å². The van der Waals surface area contributed by atoms with E-state index in [0.717, 1.165) is 39.6 Å². The molecule has 0 spiro atoms. The van der Waals surface area contributed by atoms with Gasteiger partial charge in [-0.2, -0.15) is 0 Å². The maximum atomic E-state index is 13.4. The second-order valence-corrected chi connectivity index (χ2v) is 8.77. The number of hydrogen-bond acceptors (Lipinski definition) is 3. The van der Waals surface area contributed by atoms with E-state index in [4.69, 9.17) is 0 Å². The molecule has 1 aliphatic heterocycles. The van der Waals surface area contributed by atoms with Crippen molar-refractivity contribution in [1.82, 2.24) is 15.5 Å². The first kappa shape index (κ1) is 20.2. The molecule has 32 heavy (non-hydrogen) atoms. The van der Waals surface area contributed by atoms with Gasteiger partial charge in [-0.25, -0.2) is 4.79 Å². The Morgan fingerprint density at radius 1 is 1.03 bits per heavy atom. The molecular weight excluding hydrogens is 402 g/mol. The van der Waals surface area contributed by atoms with Crippen molar-refractivity contribution in [3.63, 3.8) is 0 Å². The highest BCUT2D eigenvalue weighted by molar-refractivity contribution is 6.10. The van der Waals surface area contributed by atoms with E-state index >= 15 is 0 Å². The van der Waals surface area contributed by atoms with Crippen LogP contribution in [0.3, 0.4) is 0 Å². The number of fused-ring (bicyclic) bond motifs is 1. The SMILES string of the molecule is CC1(c2cccc3ccccc23)NC(=O)N(CC(=O)NC(c2ccccc2)C2CC2)C1=O. The molecule has 1 aliphatic carbocycles. The van der Waals surface area contributed by atoms with E-state index in [-0.39, 0.29) is 18.5 Å². The number of carbonyl (C=O) groups excluding carboxylic acids is 3. The van der Waals surface area contributed by atoms with Crippen molar-refractivity contribution in [3.05, 3.63) is 83.9 Å². The smallest absolute Gasteiger partial charge is 0.325 e. The molecule has 2 atom stereocenters. The fourth-order valence-electron chi connectivity index (χ4n) is 4.61. The van der Waals surface area contributed by atoms with Crippen LogP contribution in [0.1, 0.15) is 36.9 Å². The molecule has 3 aromatic rings. The van der Waals surface area contributed by atoms with E-state index in [2.05, 4.69) is 10.6 Å². The highest BCUT2D eigenvalue weighted by atomic mass is 16.2. The molecule has 6 heteroatoms. The highest BCUT2D eigenvalue weighted by Gasteiger charge is 2.50. The summed E-state index contributed by atoms with van der Waals surface area (Å²) in [6.45, 7) is 1.39. The van der Waals surface area contributed by atoms with Gasteiger partial charge >= 0.3 is 6.03 Å². The molecule has 2 fully saturated rings. The second-order valence-electron chi connectivity index (χ2n) is 8.77.